The van der Waals surface area contributed by atoms with Gasteiger partial charge in [0.15, 0.2) is 0 Å². The first-order chi connectivity index (χ1) is 15.6. The van der Waals surface area contributed by atoms with E-state index in [1.54, 1.807) is 16.4 Å². The lowest BCUT2D eigenvalue weighted by atomic mass is 9.84. The number of nitrogens with zero attached hydrogens (tertiary/aromatic N) is 5. The molecule has 1 atom stereocenters. The zero-order valence-corrected chi connectivity index (χ0v) is 19.2. The van der Waals surface area contributed by atoms with Crippen molar-refractivity contribution in [2.24, 2.45) is 5.92 Å². The minimum Gasteiger partial charge on any atom is -0.342 e. The Balaban J connectivity index is 1.41. The molecule has 1 aromatic carbocycles. The van der Waals surface area contributed by atoms with E-state index in [0.717, 1.165) is 38.0 Å². The number of hydrogen-bond acceptors (Lipinski definition) is 5. The van der Waals surface area contributed by atoms with Crippen LogP contribution in [0.5, 0.6) is 0 Å². The average molecular weight is 452 g/mol. The summed E-state index contributed by atoms with van der Waals surface area (Å²) in [5, 5.41) is 6.11. The van der Waals surface area contributed by atoms with Crippen LogP contribution in [0, 0.1) is 5.92 Å². The number of carbonyl (C=O) groups excluding carboxylic acids is 2. The van der Waals surface area contributed by atoms with Crippen molar-refractivity contribution in [3.8, 4) is 0 Å². The van der Waals surface area contributed by atoms with Gasteiger partial charge in [0.2, 0.25) is 11.8 Å². The molecular formula is C24H29N5O2S. The fraction of sp³-hybridized carbons (Fsp3) is 0.417. The van der Waals surface area contributed by atoms with Gasteiger partial charge in [-0.1, -0.05) is 30.3 Å². The minimum absolute atomic E-state index is 0.0525. The highest BCUT2D eigenvalue weighted by Gasteiger charge is 2.32. The summed E-state index contributed by atoms with van der Waals surface area (Å²) < 4.78 is 1.66. The standard InChI is InChI=1S/C24H29N5O2S/c1-27(24(31)16-29-11-5-10-26-29)22(14-19-6-3-2-4-7-19)20-8-12-28(13-9-20)23(30)15-21-17-32-18-25-21/h2-7,10-11,17-18,20,22H,8-9,12-16H2,1H3. The molecule has 0 saturated carbocycles. The number of rotatable bonds is 8. The lowest BCUT2D eigenvalue weighted by Crippen LogP contribution is -2.49. The molecule has 2 aromatic heterocycles. The molecule has 1 saturated heterocycles. The van der Waals surface area contributed by atoms with Crippen LogP contribution in [0.3, 0.4) is 0 Å². The Morgan fingerprint density at radius 3 is 2.62 bits per heavy atom. The zero-order valence-electron chi connectivity index (χ0n) is 18.3. The average Bonchev–Trinajstić information content (AvgIpc) is 3.52. The van der Waals surface area contributed by atoms with Crippen LogP contribution in [0.25, 0.3) is 0 Å². The summed E-state index contributed by atoms with van der Waals surface area (Å²) in [7, 11) is 1.90. The number of likely N-dealkylation sites (tertiary alicyclic amines) is 1. The van der Waals surface area contributed by atoms with Crippen molar-refractivity contribution in [2.45, 2.75) is 38.3 Å². The zero-order chi connectivity index (χ0) is 22.3. The van der Waals surface area contributed by atoms with Crippen LogP contribution in [0.4, 0.5) is 0 Å². The van der Waals surface area contributed by atoms with Crippen molar-refractivity contribution in [2.75, 3.05) is 20.1 Å². The van der Waals surface area contributed by atoms with Crippen LogP contribution in [-0.4, -0.2) is 62.6 Å². The molecule has 2 amide bonds. The molecule has 32 heavy (non-hydrogen) atoms. The molecule has 0 bridgehead atoms. The number of piperidine rings is 1. The van der Waals surface area contributed by atoms with Crippen molar-refractivity contribution in [3.05, 3.63) is 70.9 Å². The van der Waals surface area contributed by atoms with Crippen molar-refractivity contribution in [1.82, 2.24) is 24.6 Å². The van der Waals surface area contributed by atoms with Gasteiger partial charge >= 0.3 is 0 Å². The van der Waals surface area contributed by atoms with E-state index in [4.69, 9.17) is 0 Å². The van der Waals surface area contributed by atoms with E-state index in [1.165, 1.54) is 16.9 Å². The first-order valence-corrected chi connectivity index (χ1v) is 12.0. The van der Waals surface area contributed by atoms with Crippen molar-refractivity contribution in [1.29, 1.82) is 0 Å². The number of carbonyl (C=O) groups is 2. The number of aromatic nitrogens is 3. The second kappa shape index (κ2) is 10.5. The Labute approximate surface area is 192 Å². The fourth-order valence-electron chi connectivity index (χ4n) is 4.43. The Morgan fingerprint density at radius 1 is 1.19 bits per heavy atom. The highest BCUT2D eigenvalue weighted by atomic mass is 32.1. The van der Waals surface area contributed by atoms with Crippen molar-refractivity contribution in [3.63, 3.8) is 0 Å². The molecule has 7 nitrogen and oxygen atoms in total. The molecular weight excluding hydrogens is 422 g/mol. The Hall–Kier alpha value is -3.00. The SMILES string of the molecule is CN(C(=O)Cn1cccn1)C(Cc1ccccc1)C1CCN(C(=O)Cc2cscn2)CC1. The third kappa shape index (κ3) is 5.62. The van der Waals surface area contributed by atoms with Gasteiger partial charge in [-0.05, 0) is 36.8 Å². The molecule has 1 aliphatic rings. The quantitative estimate of drug-likeness (QED) is 0.528. The number of hydrogen-bond donors (Lipinski definition) is 0. The van der Waals surface area contributed by atoms with Gasteiger partial charge in [-0.15, -0.1) is 11.3 Å². The maximum Gasteiger partial charge on any atom is 0.244 e. The van der Waals surface area contributed by atoms with E-state index >= 15 is 0 Å². The molecule has 0 N–H and O–H groups in total. The summed E-state index contributed by atoms with van der Waals surface area (Å²) in [6, 6.07) is 12.2. The topological polar surface area (TPSA) is 71.3 Å². The Morgan fingerprint density at radius 2 is 1.97 bits per heavy atom. The summed E-state index contributed by atoms with van der Waals surface area (Å²) in [6.45, 7) is 1.68. The van der Waals surface area contributed by atoms with E-state index in [0.29, 0.717) is 12.3 Å². The molecule has 0 radical (unpaired) electrons. The summed E-state index contributed by atoms with van der Waals surface area (Å²) >= 11 is 1.51. The Kier molecular flexibility index (Phi) is 7.32. The van der Waals surface area contributed by atoms with Gasteiger partial charge in [-0.3, -0.25) is 14.3 Å². The molecule has 1 fully saturated rings. The number of thiazole rings is 1. The Bertz CT molecular complexity index is 983. The first kappa shape index (κ1) is 22.2. The van der Waals surface area contributed by atoms with Crippen LogP contribution in [-0.2, 0) is 29.0 Å². The maximum absolute atomic E-state index is 13.0. The highest BCUT2D eigenvalue weighted by Crippen LogP contribution is 2.27. The molecule has 1 aliphatic heterocycles. The van der Waals surface area contributed by atoms with Gasteiger partial charge in [0.25, 0.3) is 0 Å². The maximum atomic E-state index is 13.0. The van der Waals surface area contributed by atoms with Crippen molar-refractivity contribution < 1.29 is 9.59 Å². The fourth-order valence-corrected chi connectivity index (χ4v) is 4.99. The predicted molar refractivity (Wildman–Crippen MR) is 124 cm³/mol. The van der Waals surface area contributed by atoms with Crippen LogP contribution in [0.2, 0.25) is 0 Å². The number of likely N-dealkylation sites (N-methyl/N-ethyl adjacent to an activating group) is 1. The van der Waals surface area contributed by atoms with Gasteiger partial charge in [-0.25, -0.2) is 4.98 Å². The third-order valence-electron chi connectivity index (χ3n) is 6.29. The lowest BCUT2D eigenvalue weighted by Gasteiger charge is -2.40. The minimum atomic E-state index is 0.0525. The second-order valence-corrected chi connectivity index (χ2v) is 9.06. The summed E-state index contributed by atoms with van der Waals surface area (Å²) in [4.78, 5) is 33.8. The summed E-state index contributed by atoms with van der Waals surface area (Å²) in [5.41, 5.74) is 3.82. The smallest absolute Gasteiger partial charge is 0.244 e. The summed E-state index contributed by atoms with van der Waals surface area (Å²) in [5.74, 6) is 0.527. The number of amides is 2. The van der Waals surface area contributed by atoms with E-state index in [9.17, 15) is 9.59 Å². The second-order valence-electron chi connectivity index (χ2n) is 8.34. The molecule has 4 rings (SSSR count). The predicted octanol–water partition coefficient (Wildman–Crippen LogP) is 2.89. The van der Waals surface area contributed by atoms with Crippen LogP contribution in [0.1, 0.15) is 24.1 Å². The van der Waals surface area contributed by atoms with E-state index in [1.807, 2.05) is 52.7 Å². The molecule has 0 aliphatic carbocycles. The van der Waals surface area contributed by atoms with Gasteiger partial charge in [0, 0.05) is 44.0 Å². The molecule has 0 spiro atoms. The van der Waals surface area contributed by atoms with Crippen LogP contribution < -0.4 is 0 Å². The van der Waals surface area contributed by atoms with Gasteiger partial charge < -0.3 is 9.80 Å². The largest absolute Gasteiger partial charge is 0.342 e. The van der Waals surface area contributed by atoms with Crippen molar-refractivity contribution >= 4 is 23.2 Å². The first-order valence-electron chi connectivity index (χ1n) is 11.0. The lowest BCUT2D eigenvalue weighted by molar-refractivity contribution is -0.136. The summed E-state index contributed by atoms with van der Waals surface area (Å²) in [6.07, 6.45) is 6.44. The monoisotopic (exact) mass is 451 g/mol. The highest BCUT2D eigenvalue weighted by molar-refractivity contribution is 7.07. The molecule has 1 unspecified atom stereocenters. The number of benzene rings is 1. The van der Waals surface area contributed by atoms with E-state index in [2.05, 4.69) is 22.2 Å². The van der Waals surface area contributed by atoms with E-state index < -0.39 is 0 Å². The van der Waals surface area contributed by atoms with Crippen LogP contribution in [0.15, 0.2) is 59.7 Å². The van der Waals surface area contributed by atoms with Gasteiger partial charge in [0.1, 0.15) is 6.54 Å². The van der Waals surface area contributed by atoms with E-state index in [-0.39, 0.29) is 24.4 Å². The van der Waals surface area contributed by atoms with Gasteiger partial charge in [0.05, 0.1) is 17.6 Å². The third-order valence-corrected chi connectivity index (χ3v) is 6.92. The molecule has 168 valence electrons. The molecule has 8 heteroatoms. The molecule has 3 heterocycles. The molecule has 3 aromatic rings. The van der Waals surface area contributed by atoms with Gasteiger partial charge in [-0.2, -0.15) is 5.10 Å². The van der Waals surface area contributed by atoms with Crippen LogP contribution >= 0.6 is 11.3 Å². The normalized spacial score (nSPS) is 15.5.